The van der Waals surface area contributed by atoms with Crippen LogP contribution in [0.2, 0.25) is 0 Å². The first-order valence-electron chi connectivity index (χ1n) is 4.17. The molecule has 78 valence electrons. The molecule has 1 nitrogen and oxygen atoms in total. The van der Waals surface area contributed by atoms with Crippen LogP contribution in [0.5, 0.6) is 0 Å². The normalized spacial score (nSPS) is 10.6. The van der Waals surface area contributed by atoms with Gasteiger partial charge in [0.25, 0.3) is 0 Å². The molecule has 0 fully saturated rings. The summed E-state index contributed by atoms with van der Waals surface area (Å²) in [6.45, 7) is 0. The van der Waals surface area contributed by atoms with Gasteiger partial charge in [-0.2, -0.15) is 0 Å². The summed E-state index contributed by atoms with van der Waals surface area (Å²) in [5, 5.41) is 0.853. The lowest BCUT2D eigenvalue weighted by Crippen LogP contribution is -1.79. The Labute approximate surface area is 104 Å². The highest BCUT2D eigenvalue weighted by molar-refractivity contribution is 9.10. The van der Waals surface area contributed by atoms with E-state index < -0.39 is 0 Å². The van der Waals surface area contributed by atoms with Crippen molar-refractivity contribution >= 4 is 38.9 Å². The highest BCUT2D eigenvalue weighted by Gasteiger charge is 2.06. The lowest BCUT2D eigenvalue weighted by molar-refractivity contribution is 0.621. The summed E-state index contributed by atoms with van der Waals surface area (Å²) in [5.74, 6) is 0.188. The number of hydrogen-bond acceptors (Lipinski definition) is 2. The fourth-order valence-electron chi connectivity index (χ4n) is 1.13. The van der Waals surface area contributed by atoms with E-state index in [1.807, 2.05) is 0 Å². The highest BCUT2D eigenvalue weighted by Crippen LogP contribution is 2.29. The minimum Gasteiger partial charge on any atom is -0.244 e. The minimum atomic E-state index is -0.270. The first-order chi connectivity index (χ1) is 7.20. The fourth-order valence-corrected chi connectivity index (χ4v) is 2.50. The molecule has 1 heterocycles. The number of hydrogen-bond donors (Lipinski definition) is 0. The summed E-state index contributed by atoms with van der Waals surface area (Å²) < 4.78 is 13.4. The molecular weight excluding hydrogens is 301 g/mol. The maximum absolute atomic E-state index is 13.0. The van der Waals surface area contributed by atoms with E-state index in [1.54, 1.807) is 18.3 Å². The van der Waals surface area contributed by atoms with Gasteiger partial charge in [-0.3, -0.25) is 0 Å². The molecule has 2 rings (SSSR count). The average Bonchev–Trinajstić information content (AvgIpc) is 2.70. The summed E-state index contributed by atoms with van der Waals surface area (Å²) in [6.07, 6.45) is 1.74. The Balaban J connectivity index is 2.40. The van der Waals surface area contributed by atoms with Gasteiger partial charge in [0.05, 0.1) is 10.4 Å². The van der Waals surface area contributed by atoms with Crippen molar-refractivity contribution < 1.29 is 4.39 Å². The van der Waals surface area contributed by atoms with Crippen molar-refractivity contribution in [3.05, 3.63) is 39.6 Å². The molecule has 0 aliphatic heterocycles. The van der Waals surface area contributed by atoms with Crippen LogP contribution in [-0.4, -0.2) is 4.98 Å². The summed E-state index contributed by atoms with van der Waals surface area (Å²) >= 11 is 10.3. The predicted molar refractivity (Wildman–Crippen MR) is 64.8 cm³/mol. The zero-order valence-electron chi connectivity index (χ0n) is 7.51. The predicted octanol–water partition coefficient (Wildman–Crippen LogP) is 4.45. The molecule has 1 aromatic heterocycles. The zero-order chi connectivity index (χ0) is 10.8. The van der Waals surface area contributed by atoms with Crippen molar-refractivity contribution in [1.29, 1.82) is 0 Å². The molecule has 5 heteroatoms. The number of rotatable bonds is 2. The lowest BCUT2D eigenvalue weighted by Gasteiger charge is -1.98. The number of alkyl halides is 1. The van der Waals surface area contributed by atoms with Crippen molar-refractivity contribution in [3.8, 4) is 10.6 Å². The molecule has 15 heavy (non-hydrogen) atoms. The van der Waals surface area contributed by atoms with Crippen LogP contribution >= 0.6 is 38.9 Å². The van der Waals surface area contributed by atoms with Crippen LogP contribution in [-0.2, 0) is 5.88 Å². The largest absolute Gasteiger partial charge is 0.244 e. The Bertz CT molecular complexity index is 486. The van der Waals surface area contributed by atoms with E-state index in [0.29, 0.717) is 10.4 Å². The SMILES string of the molecule is Fc1ccc(-c2ncc(CCl)s2)cc1Br. The third-order valence-corrected chi connectivity index (χ3v) is 3.95. The third kappa shape index (κ3) is 2.38. The van der Waals surface area contributed by atoms with Gasteiger partial charge in [-0.25, -0.2) is 9.37 Å². The van der Waals surface area contributed by atoms with Gasteiger partial charge in [-0.05, 0) is 34.1 Å². The Morgan fingerprint density at radius 2 is 2.27 bits per heavy atom. The molecule has 2 aromatic rings. The average molecular weight is 307 g/mol. The van der Waals surface area contributed by atoms with Gasteiger partial charge in [0.2, 0.25) is 0 Å². The summed E-state index contributed by atoms with van der Waals surface area (Å²) in [5.41, 5.74) is 0.893. The topological polar surface area (TPSA) is 12.9 Å². The third-order valence-electron chi connectivity index (χ3n) is 1.85. The first-order valence-corrected chi connectivity index (χ1v) is 6.31. The van der Waals surface area contributed by atoms with E-state index in [-0.39, 0.29) is 5.82 Å². The molecule has 1 aromatic carbocycles. The van der Waals surface area contributed by atoms with E-state index in [0.717, 1.165) is 15.4 Å². The van der Waals surface area contributed by atoms with Crippen LogP contribution in [0, 0.1) is 5.82 Å². The van der Waals surface area contributed by atoms with E-state index in [9.17, 15) is 4.39 Å². The second kappa shape index (κ2) is 4.60. The molecule has 0 saturated heterocycles. The Morgan fingerprint density at radius 1 is 1.47 bits per heavy atom. The highest BCUT2D eigenvalue weighted by atomic mass is 79.9. The van der Waals surface area contributed by atoms with Gasteiger partial charge >= 0.3 is 0 Å². The smallest absolute Gasteiger partial charge is 0.137 e. The second-order valence-corrected chi connectivity index (χ2v) is 5.13. The second-order valence-electron chi connectivity index (χ2n) is 2.89. The summed E-state index contributed by atoms with van der Waals surface area (Å²) in [7, 11) is 0. The zero-order valence-corrected chi connectivity index (χ0v) is 10.7. The number of aromatic nitrogens is 1. The van der Waals surface area contributed by atoms with Crippen LogP contribution < -0.4 is 0 Å². The molecule has 0 amide bonds. The van der Waals surface area contributed by atoms with Crippen molar-refractivity contribution in [2.45, 2.75) is 5.88 Å². The quantitative estimate of drug-likeness (QED) is 0.747. The van der Waals surface area contributed by atoms with E-state index in [2.05, 4.69) is 20.9 Å². The maximum Gasteiger partial charge on any atom is 0.137 e. The molecule has 0 N–H and O–H groups in total. The molecule has 0 radical (unpaired) electrons. The molecule has 0 aliphatic rings. The first kappa shape index (κ1) is 11.0. The Hall–Kier alpha value is -0.450. The van der Waals surface area contributed by atoms with Crippen LogP contribution in [0.15, 0.2) is 28.9 Å². The number of halogens is 3. The van der Waals surface area contributed by atoms with E-state index in [4.69, 9.17) is 11.6 Å². The minimum absolute atomic E-state index is 0.270. The summed E-state index contributed by atoms with van der Waals surface area (Å²) in [4.78, 5) is 5.23. The van der Waals surface area contributed by atoms with Crippen LogP contribution in [0.25, 0.3) is 10.6 Å². The molecule has 0 bridgehead atoms. The van der Waals surface area contributed by atoms with Gasteiger partial charge in [0.1, 0.15) is 10.8 Å². The Morgan fingerprint density at radius 3 is 2.87 bits per heavy atom. The molecule has 0 spiro atoms. The van der Waals surface area contributed by atoms with Crippen LogP contribution in [0.4, 0.5) is 4.39 Å². The van der Waals surface area contributed by atoms with Gasteiger partial charge in [-0.15, -0.1) is 22.9 Å². The molecule has 0 saturated carbocycles. The van der Waals surface area contributed by atoms with Crippen molar-refractivity contribution in [2.75, 3.05) is 0 Å². The number of benzene rings is 1. The molecule has 0 atom stereocenters. The van der Waals surface area contributed by atoms with Crippen LogP contribution in [0.1, 0.15) is 4.88 Å². The van der Waals surface area contributed by atoms with Gasteiger partial charge < -0.3 is 0 Å². The lowest BCUT2D eigenvalue weighted by atomic mass is 10.2. The van der Waals surface area contributed by atoms with Crippen LogP contribution in [0.3, 0.4) is 0 Å². The van der Waals surface area contributed by atoms with Gasteiger partial charge in [-0.1, -0.05) is 0 Å². The van der Waals surface area contributed by atoms with Crippen molar-refractivity contribution in [3.63, 3.8) is 0 Å². The van der Waals surface area contributed by atoms with Crippen molar-refractivity contribution in [1.82, 2.24) is 4.98 Å². The van der Waals surface area contributed by atoms with E-state index >= 15 is 0 Å². The number of thiazole rings is 1. The molecule has 0 unspecified atom stereocenters. The van der Waals surface area contributed by atoms with Gasteiger partial charge in [0.15, 0.2) is 0 Å². The van der Waals surface area contributed by atoms with Gasteiger partial charge in [0, 0.05) is 16.6 Å². The summed E-state index contributed by atoms with van der Waals surface area (Å²) in [6, 6.07) is 4.84. The Kier molecular flexibility index (Phi) is 3.38. The fraction of sp³-hybridized carbons (Fsp3) is 0.100. The molecular formula is C10H6BrClFNS. The standard InChI is InChI=1S/C10H6BrClFNS/c11-8-3-6(1-2-9(8)13)10-14-5-7(4-12)15-10/h1-3,5H,4H2. The van der Waals surface area contributed by atoms with Crippen molar-refractivity contribution in [2.24, 2.45) is 0 Å². The monoisotopic (exact) mass is 305 g/mol. The maximum atomic E-state index is 13.0. The van der Waals surface area contributed by atoms with E-state index in [1.165, 1.54) is 17.4 Å². The number of nitrogens with zero attached hydrogens (tertiary/aromatic N) is 1. The molecule has 0 aliphatic carbocycles.